The summed E-state index contributed by atoms with van der Waals surface area (Å²) in [4.78, 5) is 11.9. The van der Waals surface area contributed by atoms with Gasteiger partial charge in [-0.1, -0.05) is 19.3 Å². The maximum atomic E-state index is 13.2. The van der Waals surface area contributed by atoms with Crippen LogP contribution in [0.25, 0.3) is 0 Å². The first-order chi connectivity index (χ1) is 10.9. The lowest BCUT2D eigenvalue weighted by molar-refractivity contribution is -0.137. The molecule has 2 amide bonds. The van der Waals surface area contributed by atoms with Crippen LogP contribution in [0.15, 0.2) is 18.2 Å². The van der Waals surface area contributed by atoms with Crippen LogP contribution >= 0.6 is 0 Å². The van der Waals surface area contributed by atoms with Gasteiger partial charge in [0.05, 0.1) is 17.9 Å². The molecule has 128 valence electrons. The zero-order valence-electron chi connectivity index (χ0n) is 13.0. The normalized spacial score (nSPS) is 16.0. The maximum absolute atomic E-state index is 13.2. The van der Waals surface area contributed by atoms with Crippen molar-refractivity contribution in [3.8, 4) is 5.75 Å². The lowest BCUT2D eigenvalue weighted by atomic mass is 9.96. The van der Waals surface area contributed by atoms with Gasteiger partial charge in [-0.15, -0.1) is 0 Å². The van der Waals surface area contributed by atoms with E-state index >= 15 is 0 Å². The lowest BCUT2D eigenvalue weighted by Gasteiger charge is -2.23. The Morgan fingerprint density at radius 1 is 1.26 bits per heavy atom. The number of urea groups is 1. The second kappa shape index (κ2) is 7.57. The van der Waals surface area contributed by atoms with Crippen molar-refractivity contribution in [1.29, 1.82) is 0 Å². The van der Waals surface area contributed by atoms with Gasteiger partial charge < -0.3 is 15.4 Å². The van der Waals surface area contributed by atoms with E-state index in [1.54, 1.807) is 6.92 Å². The van der Waals surface area contributed by atoms with Crippen LogP contribution < -0.4 is 15.4 Å². The third-order valence-corrected chi connectivity index (χ3v) is 3.80. The first kappa shape index (κ1) is 17.4. The maximum Gasteiger partial charge on any atom is 0.418 e. The minimum Gasteiger partial charge on any atom is -0.494 e. The highest BCUT2D eigenvalue weighted by molar-refractivity contribution is 5.90. The van der Waals surface area contributed by atoms with Gasteiger partial charge in [-0.3, -0.25) is 0 Å². The van der Waals surface area contributed by atoms with E-state index in [9.17, 15) is 18.0 Å². The molecule has 0 radical (unpaired) electrons. The zero-order valence-corrected chi connectivity index (χ0v) is 13.0. The molecule has 0 aromatic heterocycles. The van der Waals surface area contributed by atoms with Gasteiger partial charge in [-0.2, -0.15) is 13.2 Å². The molecular formula is C16H21F3N2O2. The summed E-state index contributed by atoms with van der Waals surface area (Å²) >= 11 is 0. The van der Waals surface area contributed by atoms with Gasteiger partial charge in [0.2, 0.25) is 0 Å². The van der Waals surface area contributed by atoms with E-state index in [1.807, 2.05) is 0 Å². The summed E-state index contributed by atoms with van der Waals surface area (Å²) in [6.45, 7) is 1.96. The molecule has 0 unspecified atom stereocenters. The number of amides is 2. The number of anilines is 1. The smallest absolute Gasteiger partial charge is 0.418 e. The standard InChI is InChI=1S/C16H21F3N2O2/c1-2-23-12-8-9-14(13(10-12)16(17,18)19)21-15(22)20-11-6-4-3-5-7-11/h8-11H,2-7H2,1H3,(H2,20,21,22). The topological polar surface area (TPSA) is 50.4 Å². The molecule has 0 bridgehead atoms. The van der Waals surface area contributed by atoms with Crippen molar-refractivity contribution in [1.82, 2.24) is 5.32 Å². The van der Waals surface area contributed by atoms with Crippen molar-refractivity contribution in [3.63, 3.8) is 0 Å². The average molecular weight is 330 g/mol. The molecule has 1 saturated carbocycles. The number of rotatable bonds is 4. The van der Waals surface area contributed by atoms with E-state index in [-0.39, 0.29) is 24.1 Å². The van der Waals surface area contributed by atoms with Crippen LogP contribution in [0.4, 0.5) is 23.7 Å². The number of hydrogen-bond donors (Lipinski definition) is 2. The van der Waals surface area contributed by atoms with Crippen molar-refractivity contribution in [2.45, 2.75) is 51.2 Å². The molecule has 1 aromatic rings. The second-order valence-electron chi connectivity index (χ2n) is 5.57. The summed E-state index contributed by atoms with van der Waals surface area (Å²) in [6, 6.07) is 2.95. The summed E-state index contributed by atoms with van der Waals surface area (Å²) in [6.07, 6.45) is 0.354. The largest absolute Gasteiger partial charge is 0.494 e. The summed E-state index contributed by atoms with van der Waals surface area (Å²) in [5, 5.41) is 5.05. The molecule has 1 aromatic carbocycles. The van der Waals surface area contributed by atoms with E-state index in [4.69, 9.17) is 4.74 Å². The molecule has 1 aliphatic carbocycles. The molecule has 0 aliphatic heterocycles. The summed E-state index contributed by atoms with van der Waals surface area (Å²) in [5.41, 5.74) is -1.18. The van der Waals surface area contributed by atoms with Crippen molar-refractivity contribution in [2.24, 2.45) is 0 Å². The minimum absolute atomic E-state index is 0.0285. The Kier molecular flexibility index (Phi) is 5.74. The van der Waals surface area contributed by atoms with E-state index in [1.165, 1.54) is 12.1 Å². The van der Waals surface area contributed by atoms with Crippen LogP contribution in [0.1, 0.15) is 44.6 Å². The van der Waals surface area contributed by atoms with Gasteiger partial charge in [0.15, 0.2) is 0 Å². The predicted octanol–water partition coefficient (Wildman–Crippen LogP) is 4.56. The Morgan fingerprint density at radius 3 is 2.57 bits per heavy atom. The highest BCUT2D eigenvalue weighted by Gasteiger charge is 2.34. The molecule has 0 heterocycles. The van der Waals surface area contributed by atoms with Crippen LogP contribution in [0.3, 0.4) is 0 Å². The molecule has 7 heteroatoms. The minimum atomic E-state index is -4.57. The number of carbonyl (C=O) groups excluding carboxylic acids is 1. The fourth-order valence-corrected chi connectivity index (χ4v) is 2.71. The summed E-state index contributed by atoms with van der Waals surface area (Å²) in [5.74, 6) is 0.123. The molecule has 1 fully saturated rings. The fourth-order valence-electron chi connectivity index (χ4n) is 2.71. The van der Waals surface area contributed by atoms with Gasteiger partial charge in [0, 0.05) is 6.04 Å². The highest BCUT2D eigenvalue weighted by atomic mass is 19.4. The molecule has 2 rings (SSSR count). The number of hydrogen-bond acceptors (Lipinski definition) is 2. The van der Waals surface area contributed by atoms with Gasteiger partial charge in [-0.25, -0.2) is 4.79 Å². The molecular weight excluding hydrogens is 309 g/mol. The number of ether oxygens (including phenoxy) is 1. The number of halogens is 3. The first-order valence-electron chi connectivity index (χ1n) is 7.81. The second-order valence-corrected chi connectivity index (χ2v) is 5.57. The van der Waals surface area contributed by atoms with Crippen LogP contribution in [-0.2, 0) is 6.18 Å². The van der Waals surface area contributed by atoms with E-state index < -0.39 is 17.8 Å². The van der Waals surface area contributed by atoms with Crippen molar-refractivity contribution < 1.29 is 22.7 Å². The molecule has 0 spiro atoms. The SMILES string of the molecule is CCOc1ccc(NC(=O)NC2CCCCC2)c(C(F)(F)F)c1. The highest BCUT2D eigenvalue weighted by Crippen LogP contribution is 2.37. The van der Waals surface area contributed by atoms with E-state index in [0.29, 0.717) is 0 Å². The Hall–Kier alpha value is -1.92. The van der Waals surface area contributed by atoms with Gasteiger partial charge >= 0.3 is 12.2 Å². The molecule has 4 nitrogen and oxygen atoms in total. The summed E-state index contributed by atoms with van der Waals surface area (Å²) < 4.78 is 44.5. The van der Waals surface area contributed by atoms with Crippen molar-refractivity contribution in [3.05, 3.63) is 23.8 Å². The fraction of sp³-hybridized carbons (Fsp3) is 0.562. The van der Waals surface area contributed by atoms with E-state index in [2.05, 4.69) is 10.6 Å². The molecule has 23 heavy (non-hydrogen) atoms. The monoisotopic (exact) mass is 330 g/mol. The van der Waals surface area contributed by atoms with Gasteiger partial charge in [0.1, 0.15) is 5.75 Å². The van der Waals surface area contributed by atoms with Crippen LogP contribution in [0.5, 0.6) is 5.75 Å². The number of carbonyl (C=O) groups is 1. The average Bonchev–Trinajstić information content (AvgIpc) is 2.49. The van der Waals surface area contributed by atoms with Crippen LogP contribution in [0.2, 0.25) is 0 Å². The predicted molar refractivity (Wildman–Crippen MR) is 81.6 cm³/mol. The number of benzene rings is 1. The number of nitrogens with one attached hydrogen (secondary N) is 2. The quantitative estimate of drug-likeness (QED) is 0.850. The van der Waals surface area contributed by atoms with Crippen LogP contribution in [-0.4, -0.2) is 18.7 Å². The summed E-state index contributed by atoms with van der Waals surface area (Å²) in [7, 11) is 0. The van der Waals surface area contributed by atoms with Crippen molar-refractivity contribution >= 4 is 11.7 Å². The Labute approximate surface area is 133 Å². The van der Waals surface area contributed by atoms with Crippen LogP contribution in [0, 0.1) is 0 Å². The van der Waals surface area contributed by atoms with E-state index in [0.717, 1.165) is 38.2 Å². The van der Waals surface area contributed by atoms with Gasteiger partial charge in [-0.05, 0) is 38.0 Å². The Balaban J connectivity index is 2.09. The number of alkyl halides is 3. The zero-order chi connectivity index (χ0) is 16.9. The first-order valence-corrected chi connectivity index (χ1v) is 7.81. The molecule has 0 atom stereocenters. The third kappa shape index (κ3) is 5.04. The Bertz CT molecular complexity index is 541. The lowest BCUT2D eigenvalue weighted by Crippen LogP contribution is -2.39. The molecule has 1 aliphatic rings. The third-order valence-electron chi connectivity index (χ3n) is 3.80. The molecule has 2 N–H and O–H groups in total. The molecule has 0 saturated heterocycles. The van der Waals surface area contributed by atoms with Crippen molar-refractivity contribution in [2.75, 3.05) is 11.9 Å². The Morgan fingerprint density at radius 2 is 1.96 bits per heavy atom. The van der Waals surface area contributed by atoms with Gasteiger partial charge in [0.25, 0.3) is 0 Å².